The van der Waals surface area contributed by atoms with Crippen LogP contribution in [0.25, 0.3) is 11.8 Å². The third-order valence-corrected chi connectivity index (χ3v) is 5.58. The molecule has 1 aromatic heterocycles. The Balaban J connectivity index is 1.80. The summed E-state index contributed by atoms with van der Waals surface area (Å²) in [6.45, 7) is 7.77. The number of aryl methyl sites for hydroxylation is 3. The second kappa shape index (κ2) is 7.72. The van der Waals surface area contributed by atoms with Gasteiger partial charge in [-0.25, -0.2) is 9.69 Å². The summed E-state index contributed by atoms with van der Waals surface area (Å²) >= 11 is 0. The van der Waals surface area contributed by atoms with E-state index in [0.717, 1.165) is 38.7 Å². The Kier molecular flexibility index (Phi) is 5.07. The highest BCUT2D eigenvalue weighted by Gasteiger charge is 2.37. The van der Waals surface area contributed by atoms with Crippen LogP contribution in [0.15, 0.2) is 60.2 Å². The molecule has 1 saturated heterocycles. The molecule has 0 radical (unpaired) electrons. The molecule has 0 atom stereocenters. The number of carbonyl (C=O) groups excluding carboxylic acids is 3. The van der Waals surface area contributed by atoms with Crippen LogP contribution in [0.4, 0.5) is 10.5 Å². The maximum atomic E-state index is 13.2. The van der Waals surface area contributed by atoms with Crippen molar-refractivity contribution in [1.29, 1.82) is 0 Å². The van der Waals surface area contributed by atoms with Gasteiger partial charge in [0.25, 0.3) is 11.8 Å². The number of amides is 4. The largest absolute Gasteiger partial charge is 0.335 e. The number of hydrogen-bond donors (Lipinski definition) is 1. The maximum absolute atomic E-state index is 13.2. The Morgan fingerprint density at radius 3 is 2.00 bits per heavy atom. The number of anilines is 1. The third-order valence-electron chi connectivity index (χ3n) is 5.58. The normalized spacial score (nSPS) is 15.5. The number of para-hydroxylation sites is 2. The second-order valence-corrected chi connectivity index (χ2v) is 7.69. The van der Waals surface area contributed by atoms with E-state index in [0.29, 0.717) is 5.69 Å². The molecule has 31 heavy (non-hydrogen) atoms. The van der Waals surface area contributed by atoms with Gasteiger partial charge < -0.3 is 4.57 Å². The molecule has 1 aliphatic heterocycles. The molecule has 6 nitrogen and oxygen atoms in total. The first kappa shape index (κ1) is 20.3. The molecule has 0 unspecified atom stereocenters. The van der Waals surface area contributed by atoms with Crippen LogP contribution in [0.1, 0.15) is 28.1 Å². The van der Waals surface area contributed by atoms with E-state index >= 15 is 0 Å². The molecule has 1 N–H and O–H groups in total. The first-order valence-corrected chi connectivity index (χ1v) is 10.0. The number of carbonyl (C=O) groups is 3. The first-order chi connectivity index (χ1) is 14.8. The van der Waals surface area contributed by atoms with Crippen molar-refractivity contribution < 1.29 is 14.4 Å². The Morgan fingerprint density at radius 1 is 0.806 bits per heavy atom. The average molecular weight is 413 g/mol. The van der Waals surface area contributed by atoms with E-state index < -0.39 is 17.8 Å². The highest BCUT2D eigenvalue weighted by molar-refractivity contribution is 6.39. The van der Waals surface area contributed by atoms with Gasteiger partial charge in [-0.05, 0) is 68.7 Å². The van der Waals surface area contributed by atoms with Crippen molar-refractivity contribution >= 4 is 29.6 Å². The maximum Gasteiger partial charge on any atom is 0.335 e. The van der Waals surface area contributed by atoms with Gasteiger partial charge in [-0.3, -0.25) is 14.9 Å². The van der Waals surface area contributed by atoms with Crippen LogP contribution in [-0.4, -0.2) is 22.4 Å². The monoisotopic (exact) mass is 413 g/mol. The van der Waals surface area contributed by atoms with Crippen molar-refractivity contribution in [2.75, 3.05) is 4.90 Å². The van der Waals surface area contributed by atoms with Crippen molar-refractivity contribution in [1.82, 2.24) is 9.88 Å². The number of nitrogens with zero attached hydrogens (tertiary/aromatic N) is 2. The van der Waals surface area contributed by atoms with E-state index in [1.54, 1.807) is 18.2 Å². The summed E-state index contributed by atoms with van der Waals surface area (Å²) in [6, 6.07) is 16.3. The number of rotatable bonds is 3. The van der Waals surface area contributed by atoms with Gasteiger partial charge in [-0.1, -0.05) is 36.4 Å². The number of urea groups is 1. The first-order valence-electron chi connectivity index (χ1n) is 10.0. The molecular formula is C25H23N3O3. The minimum absolute atomic E-state index is 0.0760. The SMILES string of the molecule is Cc1ccccc1N1C(=O)NC(=O)/C(=C\c2cc(C)n(-c3ccccc3C)c2C)C1=O. The van der Waals surface area contributed by atoms with Crippen molar-refractivity contribution in [3.8, 4) is 5.69 Å². The van der Waals surface area contributed by atoms with Crippen LogP contribution >= 0.6 is 0 Å². The molecular weight excluding hydrogens is 390 g/mol. The van der Waals surface area contributed by atoms with Gasteiger partial charge in [-0.2, -0.15) is 0 Å². The van der Waals surface area contributed by atoms with Crippen LogP contribution in [0.5, 0.6) is 0 Å². The third kappa shape index (κ3) is 3.46. The zero-order valence-corrected chi connectivity index (χ0v) is 17.9. The van der Waals surface area contributed by atoms with Crippen LogP contribution in [0, 0.1) is 27.7 Å². The van der Waals surface area contributed by atoms with Crippen molar-refractivity contribution in [3.05, 3.63) is 88.2 Å². The predicted molar refractivity (Wildman–Crippen MR) is 120 cm³/mol. The lowest BCUT2D eigenvalue weighted by molar-refractivity contribution is -0.122. The molecule has 0 bridgehead atoms. The number of benzene rings is 2. The highest BCUT2D eigenvalue weighted by Crippen LogP contribution is 2.28. The van der Waals surface area contributed by atoms with E-state index in [9.17, 15) is 14.4 Å². The quantitative estimate of drug-likeness (QED) is 0.512. The standard InChI is InChI=1S/C25H23N3O3/c1-15-9-5-7-11-21(15)27-17(3)13-19(18(27)4)14-20-23(29)26-25(31)28(24(20)30)22-12-8-6-10-16(22)2/h5-14H,1-4H3,(H,26,29,31)/b20-14+. The van der Waals surface area contributed by atoms with Gasteiger partial charge in [0, 0.05) is 17.1 Å². The summed E-state index contributed by atoms with van der Waals surface area (Å²) in [6.07, 6.45) is 1.56. The van der Waals surface area contributed by atoms with E-state index in [2.05, 4.69) is 9.88 Å². The van der Waals surface area contributed by atoms with Gasteiger partial charge in [0.2, 0.25) is 0 Å². The molecule has 0 aliphatic carbocycles. The molecule has 0 spiro atoms. The fraction of sp³-hybridized carbons (Fsp3) is 0.160. The smallest absolute Gasteiger partial charge is 0.318 e. The number of imide groups is 2. The Hall–Kier alpha value is -3.93. The molecule has 4 amide bonds. The minimum atomic E-state index is -0.744. The fourth-order valence-electron chi connectivity index (χ4n) is 3.96. The number of hydrogen-bond acceptors (Lipinski definition) is 3. The molecule has 6 heteroatoms. The minimum Gasteiger partial charge on any atom is -0.318 e. The van der Waals surface area contributed by atoms with Crippen LogP contribution in [0.3, 0.4) is 0 Å². The highest BCUT2D eigenvalue weighted by atomic mass is 16.2. The lowest BCUT2D eigenvalue weighted by Crippen LogP contribution is -2.54. The van der Waals surface area contributed by atoms with Crippen LogP contribution in [0.2, 0.25) is 0 Å². The summed E-state index contributed by atoms with van der Waals surface area (Å²) in [5.74, 6) is -1.33. The van der Waals surface area contributed by atoms with Crippen LogP contribution < -0.4 is 10.2 Å². The summed E-state index contributed by atoms with van der Waals surface area (Å²) in [5, 5.41) is 2.29. The average Bonchev–Trinajstić information content (AvgIpc) is 3.00. The van der Waals surface area contributed by atoms with Crippen molar-refractivity contribution in [3.63, 3.8) is 0 Å². The zero-order valence-electron chi connectivity index (χ0n) is 17.9. The summed E-state index contributed by atoms with van der Waals surface area (Å²) in [7, 11) is 0. The summed E-state index contributed by atoms with van der Waals surface area (Å²) in [5.41, 5.74) is 5.93. The molecule has 0 saturated carbocycles. The Labute approximate surface area is 180 Å². The van der Waals surface area contributed by atoms with E-state index in [-0.39, 0.29) is 5.57 Å². The fourth-order valence-corrected chi connectivity index (χ4v) is 3.96. The van der Waals surface area contributed by atoms with Crippen molar-refractivity contribution in [2.45, 2.75) is 27.7 Å². The topological polar surface area (TPSA) is 71.4 Å². The summed E-state index contributed by atoms with van der Waals surface area (Å²) < 4.78 is 2.09. The Bertz CT molecular complexity index is 1270. The van der Waals surface area contributed by atoms with Gasteiger partial charge in [-0.15, -0.1) is 0 Å². The molecule has 1 aliphatic rings. The van der Waals surface area contributed by atoms with Crippen molar-refractivity contribution in [2.24, 2.45) is 0 Å². The van der Waals surface area contributed by atoms with Crippen LogP contribution in [-0.2, 0) is 9.59 Å². The molecule has 2 aromatic carbocycles. The molecule has 4 rings (SSSR count). The second-order valence-electron chi connectivity index (χ2n) is 7.69. The van der Waals surface area contributed by atoms with E-state index in [4.69, 9.17) is 0 Å². The van der Waals surface area contributed by atoms with Gasteiger partial charge in [0.1, 0.15) is 5.57 Å². The summed E-state index contributed by atoms with van der Waals surface area (Å²) in [4.78, 5) is 39.2. The Morgan fingerprint density at radius 2 is 1.39 bits per heavy atom. The lowest BCUT2D eigenvalue weighted by atomic mass is 10.1. The molecule has 156 valence electrons. The lowest BCUT2D eigenvalue weighted by Gasteiger charge is -2.27. The predicted octanol–water partition coefficient (Wildman–Crippen LogP) is 4.38. The van der Waals surface area contributed by atoms with E-state index in [1.807, 2.05) is 70.2 Å². The van der Waals surface area contributed by atoms with E-state index in [1.165, 1.54) is 0 Å². The van der Waals surface area contributed by atoms with Gasteiger partial charge in [0.05, 0.1) is 5.69 Å². The number of barbiturate groups is 1. The number of aromatic nitrogens is 1. The van der Waals surface area contributed by atoms with Gasteiger partial charge >= 0.3 is 6.03 Å². The van der Waals surface area contributed by atoms with Gasteiger partial charge in [0.15, 0.2) is 0 Å². The molecule has 1 fully saturated rings. The zero-order chi connectivity index (χ0) is 22.3. The molecule has 2 heterocycles. The molecule has 3 aromatic rings. The number of nitrogens with one attached hydrogen (secondary N) is 1.